The van der Waals surface area contributed by atoms with E-state index in [0.29, 0.717) is 24.8 Å². The second-order valence-corrected chi connectivity index (χ2v) is 7.48. The molecule has 1 aliphatic carbocycles. The highest BCUT2D eigenvalue weighted by Gasteiger charge is 2.48. The van der Waals surface area contributed by atoms with Crippen molar-refractivity contribution in [2.45, 2.75) is 38.3 Å². The van der Waals surface area contributed by atoms with Gasteiger partial charge in [0, 0.05) is 31.7 Å². The molecule has 1 saturated heterocycles. The fourth-order valence-corrected chi connectivity index (χ4v) is 3.36. The molecular weight excluding hydrogens is 330 g/mol. The standard InChI is InChI=1S/C19H25N5O2/c1-13-3-5-15(6-4-13)16-21-17(26-22-16)14(2)23-9-11-24(12-10-23)18(25)19(20)7-8-19/h3-6,14H,7-12,20H2,1-2H3. The van der Waals surface area contributed by atoms with Crippen LogP contribution in [0.15, 0.2) is 28.8 Å². The molecule has 138 valence electrons. The van der Waals surface area contributed by atoms with E-state index < -0.39 is 5.54 Å². The number of benzene rings is 1. The molecule has 7 heteroatoms. The van der Waals surface area contributed by atoms with E-state index in [4.69, 9.17) is 10.3 Å². The Morgan fingerprint density at radius 2 is 1.85 bits per heavy atom. The number of carbonyl (C=O) groups excluding carboxylic acids is 1. The minimum atomic E-state index is -0.580. The van der Waals surface area contributed by atoms with Gasteiger partial charge >= 0.3 is 0 Å². The summed E-state index contributed by atoms with van der Waals surface area (Å²) in [6.07, 6.45) is 1.62. The van der Waals surface area contributed by atoms with Gasteiger partial charge in [-0.3, -0.25) is 9.69 Å². The molecule has 2 aromatic rings. The lowest BCUT2D eigenvalue weighted by Gasteiger charge is -2.37. The van der Waals surface area contributed by atoms with Crippen molar-refractivity contribution in [2.75, 3.05) is 26.2 Å². The fourth-order valence-electron chi connectivity index (χ4n) is 3.36. The first-order valence-electron chi connectivity index (χ1n) is 9.19. The van der Waals surface area contributed by atoms with E-state index in [0.717, 1.165) is 31.5 Å². The Balaban J connectivity index is 1.39. The number of piperazine rings is 1. The minimum absolute atomic E-state index is 0.0201. The van der Waals surface area contributed by atoms with E-state index in [2.05, 4.69) is 22.0 Å². The molecule has 1 atom stereocenters. The maximum Gasteiger partial charge on any atom is 0.244 e. The highest BCUT2D eigenvalue weighted by Crippen LogP contribution is 2.34. The number of aryl methyl sites for hydroxylation is 1. The van der Waals surface area contributed by atoms with Gasteiger partial charge in [0.05, 0.1) is 11.6 Å². The van der Waals surface area contributed by atoms with Crippen molar-refractivity contribution in [3.05, 3.63) is 35.7 Å². The van der Waals surface area contributed by atoms with Crippen LogP contribution in [0, 0.1) is 6.92 Å². The first kappa shape index (κ1) is 17.2. The lowest BCUT2D eigenvalue weighted by Crippen LogP contribution is -2.54. The molecule has 2 aliphatic rings. The van der Waals surface area contributed by atoms with E-state index in [9.17, 15) is 4.79 Å². The summed E-state index contributed by atoms with van der Waals surface area (Å²) in [6, 6.07) is 8.09. The number of carbonyl (C=O) groups is 1. The van der Waals surface area contributed by atoms with Crippen molar-refractivity contribution in [2.24, 2.45) is 5.73 Å². The monoisotopic (exact) mass is 355 g/mol. The molecule has 0 radical (unpaired) electrons. The van der Waals surface area contributed by atoms with Crippen LogP contribution in [-0.2, 0) is 4.79 Å². The van der Waals surface area contributed by atoms with E-state index in [1.807, 2.05) is 36.1 Å². The van der Waals surface area contributed by atoms with Crippen LogP contribution in [0.1, 0.15) is 37.3 Å². The largest absolute Gasteiger partial charge is 0.339 e. The third-order valence-electron chi connectivity index (χ3n) is 5.47. The van der Waals surface area contributed by atoms with Gasteiger partial charge in [-0.2, -0.15) is 4.98 Å². The molecule has 1 amide bonds. The summed E-state index contributed by atoms with van der Waals surface area (Å²) in [5, 5.41) is 4.12. The summed E-state index contributed by atoms with van der Waals surface area (Å²) >= 11 is 0. The molecule has 1 aromatic carbocycles. The van der Waals surface area contributed by atoms with Crippen molar-refractivity contribution in [3.8, 4) is 11.4 Å². The first-order valence-corrected chi connectivity index (χ1v) is 9.19. The second kappa shape index (κ2) is 6.48. The number of rotatable bonds is 4. The maximum absolute atomic E-state index is 12.4. The van der Waals surface area contributed by atoms with Gasteiger partial charge in [0.25, 0.3) is 0 Å². The summed E-state index contributed by atoms with van der Waals surface area (Å²) in [5.74, 6) is 1.32. The fraction of sp³-hybridized carbons (Fsp3) is 0.526. The molecular formula is C19H25N5O2. The lowest BCUT2D eigenvalue weighted by molar-refractivity contribution is -0.135. The maximum atomic E-state index is 12.4. The first-order chi connectivity index (χ1) is 12.5. The van der Waals surface area contributed by atoms with Crippen molar-refractivity contribution < 1.29 is 9.32 Å². The van der Waals surface area contributed by atoms with Crippen molar-refractivity contribution in [3.63, 3.8) is 0 Å². The predicted octanol–water partition coefficient (Wildman–Crippen LogP) is 1.74. The molecule has 1 saturated carbocycles. The van der Waals surface area contributed by atoms with Gasteiger partial charge in [0.2, 0.25) is 17.6 Å². The molecule has 1 unspecified atom stereocenters. The van der Waals surface area contributed by atoms with Gasteiger partial charge in [0.15, 0.2) is 0 Å². The number of aromatic nitrogens is 2. The van der Waals surface area contributed by atoms with Gasteiger partial charge in [-0.05, 0) is 26.7 Å². The zero-order valence-electron chi connectivity index (χ0n) is 15.3. The molecule has 1 aromatic heterocycles. The topological polar surface area (TPSA) is 88.5 Å². The van der Waals surface area contributed by atoms with Gasteiger partial charge in [-0.1, -0.05) is 35.0 Å². The third-order valence-corrected chi connectivity index (χ3v) is 5.47. The molecule has 2 heterocycles. The minimum Gasteiger partial charge on any atom is -0.339 e. The Bertz CT molecular complexity index is 789. The molecule has 0 bridgehead atoms. The molecule has 2 fully saturated rings. The average Bonchev–Trinajstić information content (AvgIpc) is 3.22. The van der Waals surface area contributed by atoms with Crippen molar-refractivity contribution in [1.82, 2.24) is 19.9 Å². The number of hydrogen-bond donors (Lipinski definition) is 1. The van der Waals surface area contributed by atoms with Crippen LogP contribution in [0.4, 0.5) is 0 Å². The van der Waals surface area contributed by atoms with Gasteiger partial charge in [-0.15, -0.1) is 0 Å². The number of nitrogens with two attached hydrogens (primary N) is 1. The summed E-state index contributed by atoms with van der Waals surface area (Å²) in [6.45, 7) is 7.07. The highest BCUT2D eigenvalue weighted by molar-refractivity contribution is 5.89. The van der Waals surface area contributed by atoms with Crippen LogP contribution in [0.3, 0.4) is 0 Å². The Labute approximate surface area is 153 Å². The molecule has 4 rings (SSSR count). The predicted molar refractivity (Wildman–Crippen MR) is 97.2 cm³/mol. The number of amides is 1. The normalized spacial score (nSPS) is 20.8. The van der Waals surface area contributed by atoms with Gasteiger partial charge in [0.1, 0.15) is 0 Å². The SMILES string of the molecule is Cc1ccc(-c2noc(C(C)N3CCN(C(=O)C4(N)CC4)CC3)n2)cc1. The zero-order chi connectivity index (χ0) is 18.3. The van der Waals surface area contributed by atoms with Crippen molar-refractivity contribution >= 4 is 5.91 Å². The van der Waals surface area contributed by atoms with E-state index in [1.165, 1.54) is 5.56 Å². The Morgan fingerprint density at radius 3 is 2.46 bits per heavy atom. The molecule has 7 nitrogen and oxygen atoms in total. The van der Waals surface area contributed by atoms with Crippen LogP contribution in [0.5, 0.6) is 0 Å². The Hall–Kier alpha value is -2.25. The highest BCUT2D eigenvalue weighted by atomic mass is 16.5. The molecule has 1 aliphatic heterocycles. The van der Waals surface area contributed by atoms with E-state index in [-0.39, 0.29) is 11.9 Å². The number of hydrogen-bond acceptors (Lipinski definition) is 6. The van der Waals surface area contributed by atoms with Gasteiger partial charge < -0.3 is 15.2 Å². The van der Waals surface area contributed by atoms with Crippen LogP contribution in [0.25, 0.3) is 11.4 Å². The van der Waals surface area contributed by atoms with Crippen LogP contribution in [-0.4, -0.2) is 57.6 Å². The lowest BCUT2D eigenvalue weighted by atomic mass is 10.1. The van der Waals surface area contributed by atoms with Crippen LogP contribution < -0.4 is 5.73 Å². The van der Waals surface area contributed by atoms with Crippen LogP contribution in [0.2, 0.25) is 0 Å². The quantitative estimate of drug-likeness (QED) is 0.899. The molecule has 2 N–H and O–H groups in total. The van der Waals surface area contributed by atoms with Gasteiger partial charge in [-0.25, -0.2) is 0 Å². The summed E-state index contributed by atoms with van der Waals surface area (Å²) in [7, 11) is 0. The molecule has 0 spiro atoms. The van der Waals surface area contributed by atoms with E-state index in [1.54, 1.807) is 0 Å². The molecule has 26 heavy (non-hydrogen) atoms. The van der Waals surface area contributed by atoms with Crippen LogP contribution >= 0.6 is 0 Å². The average molecular weight is 355 g/mol. The van der Waals surface area contributed by atoms with E-state index >= 15 is 0 Å². The van der Waals surface area contributed by atoms with Crippen molar-refractivity contribution in [1.29, 1.82) is 0 Å². The summed E-state index contributed by atoms with van der Waals surface area (Å²) < 4.78 is 5.50. The smallest absolute Gasteiger partial charge is 0.244 e. The summed E-state index contributed by atoms with van der Waals surface area (Å²) in [5.41, 5.74) is 7.60. The Kier molecular flexibility index (Phi) is 4.28. The summed E-state index contributed by atoms with van der Waals surface area (Å²) in [4.78, 5) is 21.1. The third kappa shape index (κ3) is 3.24. The Morgan fingerprint density at radius 1 is 1.19 bits per heavy atom. The second-order valence-electron chi connectivity index (χ2n) is 7.48. The zero-order valence-corrected chi connectivity index (χ0v) is 15.3. The number of nitrogens with zero attached hydrogens (tertiary/aromatic N) is 4.